The number of hydrogen-bond donors (Lipinski definition) is 0. The Kier molecular flexibility index (Phi) is 9.99. The number of hydrogen-bond acceptors (Lipinski definition) is 8. The summed E-state index contributed by atoms with van der Waals surface area (Å²) in [5.41, 5.74) is 3.56. The van der Waals surface area contributed by atoms with E-state index >= 15 is 0 Å². The summed E-state index contributed by atoms with van der Waals surface area (Å²) in [5, 5.41) is 0.634. The van der Waals surface area contributed by atoms with E-state index in [9.17, 15) is 9.59 Å². The van der Waals surface area contributed by atoms with Crippen molar-refractivity contribution in [3.8, 4) is 11.5 Å². The van der Waals surface area contributed by atoms with Gasteiger partial charge >= 0.3 is 0 Å². The Labute approximate surface area is 293 Å². The van der Waals surface area contributed by atoms with Gasteiger partial charge in [-0.3, -0.25) is 19.4 Å². The number of rotatable bonds is 10. The summed E-state index contributed by atoms with van der Waals surface area (Å²) in [6.45, 7) is 3.41. The van der Waals surface area contributed by atoms with Gasteiger partial charge < -0.3 is 24.0 Å². The van der Waals surface area contributed by atoms with E-state index in [-0.39, 0.29) is 24.3 Å². The van der Waals surface area contributed by atoms with Crippen molar-refractivity contribution in [2.45, 2.75) is 63.1 Å². The van der Waals surface area contributed by atoms with Crippen molar-refractivity contribution in [3.63, 3.8) is 0 Å². The van der Waals surface area contributed by atoms with Gasteiger partial charge in [0.1, 0.15) is 12.4 Å². The fraction of sp³-hybridized carbons (Fsp3) is 0.500. The van der Waals surface area contributed by atoms with E-state index in [1.54, 1.807) is 7.11 Å². The summed E-state index contributed by atoms with van der Waals surface area (Å²) in [6, 6.07) is 15.7. The number of anilines is 2. The van der Waals surface area contributed by atoms with Crippen LogP contribution in [0.15, 0.2) is 54.7 Å². The second kappa shape index (κ2) is 14.5. The predicted octanol–water partition coefficient (Wildman–Crippen LogP) is 5.71. The van der Waals surface area contributed by atoms with Gasteiger partial charge in [0.2, 0.25) is 11.8 Å². The minimum absolute atomic E-state index is 0.0203. The summed E-state index contributed by atoms with van der Waals surface area (Å²) in [4.78, 5) is 39.1. The van der Waals surface area contributed by atoms with Crippen LogP contribution in [0.25, 0.3) is 0 Å². The summed E-state index contributed by atoms with van der Waals surface area (Å²) in [6.07, 6.45) is 8.62. The maximum absolute atomic E-state index is 14.0. The molecule has 0 N–H and O–H groups in total. The molecule has 2 atom stereocenters. The molecule has 4 aliphatic rings. The van der Waals surface area contributed by atoms with E-state index in [4.69, 9.17) is 30.8 Å². The lowest BCUT2D eigenvalue weighted by molar-refractivity contribution is -0.125. The molecule has 4 heterocycles. The lowest BCUT2D eigenvalue weighted by Crippen LogP contribution is -2.41. The number of pyridine rings is 1. The quantitative estimate of drug-likeness (QED) is 0.268. The average Bonchev–Trinajstić information content (AvgIpc) is 3.76. The van der Waals surface area contributed by atoms with Crippen molar-refractivity contribution in [1.82, 2.24) is 14.8 Å². The van der Waals surface area contributed by atoms with E-state index in [0.717, 1.165) is 86.5 Å². The van der Waals surface area contributed by atoms with Crippen LogP contribution in [0.5, 0.6) is 11.5 Å². The molecule has 10 nitrogen and oxygen atoms in total. The van der Waals surface area contributed by atoms with Crippen molar-refractivity contribution in [1.29, 1.82) is 0 Å². The maximum atomic E-state index is 14.0. The first kappa shape index (κ1) is 33.6. The van der Waals surface area contributed by atoms with Gasteiger partial charge in [0, 0.05) is 38.3 Å². The first-order valence-electron chi connectivity index (χ1n) is 17.4. The zero-order valence-corrected chi connectivity index (χ0v) is 29.4. The van der Waals surface area contributed by atoms with Gasteiger partial charge in [-0.1, -0.05) is 23.7 Å². The van der Waals surface area contributed by atoms with Gasteiger partial charge in [-0.2, -0.15) is 0 Å². The number of methoxy groups -OCH3 is 1. The van der Waals surface area contributed by atoms with Crippen LogP contribution in [-0.4, -0.2) is 92.9 Å². The van der Waals surface area contributed by atoms with E-state index in [2.05, 4.69) is 16.8 Å². The lowest BCUT2D eigenvalue weighted by atomic mass is 9.85. The Morgan fingerprint density at radius 2 is 1.80 bits per heavy atom. The Morgan fingerprint density at radius 3 is 2.45 bits per heavy atom. The SMILES string of the molecule is COc1cc2c(cc1OC[C@H]1CCCO1)[C@H](c1ccc(Cl)cc1)N(c1ccc(N(C)C[C@H]3CC[C@H](N4CC(=O)N(C)C4)CC3)nc1)C(=O)C2. The molecule has 2 amide bonds. The van der Waals surface area contributed by atoms with Crippen LogP contribution < -0.4 is 19.3 Å². The number of carbonyl (C=O) groups excluding carboxylic acids is 2. The minimum Gasteiger partial charge on any atom is -0.493 e. The number of benzene rings is 2. The highest BCUT2D eigenvalue weighted by Crippen LogP contribution is 2.44. The standard InChI is InChI=1S/C38H46ClN5O5/c1-41(21-25-6-12-29(13-7-25)43-22-37(46)42(2)24-43)35-15-14-30(20-40-35)44-36(45)18-27-17-33(47-3)34(49-23-31-5-4-16-48-31)19-32(27)38(44)26-8-10-28(39)11-9-26/h8-11,14-15,17,19-20,25,29,31,38H,4-7,12-13,16,18,21-24H2,1-3H3/t25-,29-,31-,38+/m1/s1. The highest BCUT2D eigenvalue weighted by Gasteiger charge is 2.37. The molecule has 49 heavy (non-hydrogen) atoms. The van der Waals surface area contributed by atoms with Crippen molar-refractivity contribution in [2.24, 2.45) is 5.92 Å². The molecule has 260 valence electrons. The Bertz CT molecular complexity index is 1640. The van der Waals surface area contributed by atoms with E-state index < -0.39 is 6.04 Å². The molecule has 1 aliphatic carbocycles. The summed E-state index contributed by atoms with van der Waals surface area (Å²) in [5.74, 6) is 2.88. The smallest absolute Gasteiger partial charge is 0.237 e. The molecule has 3 aromatic rings. The molecule has 0 spiro atoms. The number of amides is 2. The summed E-state index contributed by atoms with van der Waals surface area (Å²) in [7, 11) is 5.60. The normalized spacial score (nSPS) is 24.3. The number of nitrogens with zero attached hydrogens (tertiary/aromatic N) is 5. The Morgan fingerprint density at radius 1 is 1.00 bits per heavy atom. The molecule has 7 rings (SSSR count). The number of ether oxygens (including phenoxy) is 3. The molecule has 1 saturated carbocycles. The van der Waals surface area contributed by atoms with Crippen molar-refractivity contribution < 1.29 is 23.8 Å². The third kappa shape index (κ3) is 7.23. The highest BCUT2D eigenvalue weighted by molar-refractivity contribution is 6.30. The zero-order chi connectivity index (χ0) is 34.1. The maximum Gasteiger partial charge on any atom is 0.237 e. The Hall–Kier alpha value is -3.86. The third-order valence-electron chi connectivity index (χ3n) is 10.6. The fourth-order valence-corrected chi connectivity index (χ4v) is 8.04. The van der Waals surface area contributed by atoms with Gasteiger partial charge in [0.05, 0.1) is 50.8 Å². The highest BCUT2D eigenvalue weighted by atomic mass is 35.5. The van der Waals surface area contributed by atoms with Crippen LogP contribution in [0, 0.1) is 5.92 Å². The van der Waals surface area contributed by atoms with Crippen molar-refractivity contribution in [3.05, 3.63) is 76.4 Å². The molecule has 3 aliphatic heterocycles. The molecule has 2 aromatic carbocycles. The minimum atomic E-state index is -0.407. The predicted molar refractivity (Wildman–Crippen MR) is 190 cm³/mol. The molecule has 3 fully saturated rings. The van der Waals surface area contributed by atoms with Crippen molar-refractivity contribution >= 4 is 34.9 Å². The lowest BCUT2D eigenvalue weighted by Gasteiger charge is -2.38. The van der Waals surface area contributed by atoms with Gasteiger partial charge in [-0.05, 0) is 97.5 Å². The zero-order valence-electron chi connectivity index (χ0n) is 28.6. The number of likely N-dealkylation sites (N-methyl/N-ethyl adjacent to an activating group) is 1. The molecule has 1 aromatic heterocycles. The second-order valence-electron chi connectivity index (χ2n) is 14.0. The molecule has 0 unspecified atom stereocenters. The fourth-order valence-electron chi connectivity index (χ4n) is 7.91. The summed E-state index contributed by atoms with van der Waals surface area (Å²) >= 11 is 6.31. The third-order valence-corrected chi connectivity index (χ3v) is 10.9. The Balaban J connectivity index is 1.09. The van der Waals surface area contributed by atoms with Crippen molar-refractivity contribution in [2.75, 3.05) is 64.0 Å². The van der Waals surface area contributed by atoms with Gasteiger partial charge in [-0.15, -0.1) is 0 Å². The first-order chi connectivity index (χ1) is 23.8. The molecule has 0 bridgehead atoms. The molecular formula is C38H46ClN5O5. The van der Waals surface area contributed by atoms with Gasteiger partial charge in [0.25, 0.3) is 0 Å². The monoisotopic (exact) mass is 687 g/mol. The summed E-state index contributed by atoms with van der Waals surface area (Å²) < 4.78 is 17.8. The van der Waals surface area contributed by atoms with E-state index in [1.807, 2.05) is 71.6 Å². The topological polar surface area (TPSA) is 87.7 Å². The number of fused-ring (bicyclic) bond motifs is 1. The molecule has 0 radical (unpaired) electrons. The number of carbonyl (C=O) groups is 2. The molecular weight excluding hydrogens is 642 g/mol. The molecule has 2 saturated heterocycles. The van der Waals surface area contributed by atoms with Crippen LogP contribution in [-0.2, 0) is 20.7 Å². The second-order valence-corrected chi connectivity index (χ2v) is 14.4. The van der Waals surface area contributed by atoms with Crippen LogP contribution in [0.1, 0.15) is 61.3 Å². The van der Waals surface area contributed by atoms with E-state index in [1.165, 1.54) is 0 Å². The van der Waals surface area contributed by atoms with Crippen LogP contribution in [0.4, 0.5) is 11.5 Å². The molecule has 11 heteroatoms. The number of halogens is 1. The van der Waals surface area contributed by atoms with E-state index in [0.29, 0.717) is 41.6 Å². The van der Waals surface area contributed by atoms with Crippen LogP contribution >= 0.6 is 11.6 Å². The first-order valence-corrected chi connectivity index (χ1v) is 17.8. The van der Waals surface area contributed by atoms with Crippen LogP contribution in [0.3, 0.4) is 0 Å². The van der Waals surface area contributed by atoms with Gasteiger partial charge in [-0.25, -0.2) is 4.98 Å². The van der Waals surface area contributed by atoms with Crippen LogP contribution in [0.2, 0.25) is 5.02 Å². The average molecular weight is 688 g/mol. The van der Waals surface area contributed by atoms with Gasteiger partial charge in [0.15, 0.2) is 11.5 Å². The largest absolute Gasteiger partial charge is 0.493 e. The number of aromatic nitrogens is 1.